The molecule has 5 heterocycles. The molecule has 0 saturated carbocycles. The Hall–Kier alpha value is -0.540. The van der Waals surface area contributed by atoms with E-state index in [4.69, 9.17) is 23.0 Å². The fourth-order valence-corrected chi connectivity index (χ4v) is 17.8. The number of hydrogen-bond acceptors (Lipinski definition) is 12. The van der Waals surface area contributed by atoms with Gasteiger partial charge in [0, 0.05) is 52.4 Å². The van der Waals surface area contributed by atoms with Crippen molar-refractivity contribution >= 4 is 28.5 Å². The minimum Gasteiger partial charge on any atom is -0.497 e. The van der Waals surface area contributed by atoms with Crippen molar-refractivity contribution in [2.45, 2.75) is 13.8 Å². The molecular formula is C17H34N9O3P3. The van der Waals surface area contributed by atoms with Crippen molar-refractivity contribution in [2.24, 2.45) is 13.5 Å². The molecule has 5 aliphatic heterocycles. The molecule has 0 aromatic rings. The molecule has 0 aliphatic carbocycles. The molecule has 5 rings (SSSR count). The minimum absolute atomic E-state index is 0.0583. The number of carbonyl (C=O) groups is 1. The second-order valence-corrected chi connectivity index (χ2v) is 16.6. The highest BCUT2D eigenvalue weighted by Crippen LogP contribution is 2.83. The summed E-state index contributed by atoms with van der Waals surface area (Å²) in [5, 5.41) is 7.02. The molecule has 180 valence electrons. The lowest BCUT2D eigenvalue weighted by atomic mass is 10.6. The topological polar surface area (TPSA) is 109 Å². The zero-order chi connectivity index (χ0) is 22.4. The smallest absolute Gasteiger partial charge is 0.320 e. The maximum atomic E-state index is 12.3. The summed E-state index contributed by atoms with van der Waals surface area (Å²) in [7, 11) is -7.18. The Morgan fingerprint density at radius 1 is 0.781 bits per heavy atom. The van der Waals surface area contributed by atoms with Crippen LogP contribution in [0, 0.1) is 0 Å². The van der Waals surface area contributed by atoms with Crippen molar-refractivity contribution in [1.82, 2.24) is 28.9 Å². The molecule has 0 amide bonds. The summed E-state index contributed by atoms with van der Waals surface area (Å²) in [6.07, 6.45) is 0. The molecule has 12 nitrogen and oxygen atoms in total. The molecule has 15 heteroatoms. The van der Waals surface area contributed by atoms with Gasteiger partial charge in [0.1, 0.15) is 12.3 Å². The standard InChI is InChI=1S/C17H34N9O3P3/c1-4-28-16(3)14-18-30(19-15-17(27)29-5-2)20-31(23-6-7-23,24-8-9-24)22-32(21-30,25-10-11-25)26-12-13-26/h18-19H,3-15H2,1-2H3. The summed E-state index contributed by atoms with van der Waals surface area (Å²) in [5.74, 6) is 0.345. The molecule has 5 aliphatic rings. The number of hydrogen-bond donors (Lipinski definition) is 2. The molecule has 0 spiro atoms. The molecule has 0 aromatic heterocycles. The number of ether oxygens (including phenoxy) is 2. The van der Waals surface area contributed by atoms with E-state index in [2.05, 4.69) is 35.4 Å². The van der Waals surface area contributed by atoms with Crippen LogP contribution in [0.4, 0.5) is 0 Å². The van der Waals surface area contributed by atoms with Gasteiger partial charge in [0.25, 0.3) is 0 Å². The monoisotopic (exact) mass is 505 g/mol. The maximum Gasteiger partial charge on any atom is 0.320 e. The lowest BCUT2D eigenvalue weighted by Crippen LogP contribution is -2.30. The van der Waals surface area contributed by atoms with Gasteiger partial charge in [-0.05, 0) is 13.8 Å². The van der Waals surface area contributed by atoms with Crippen molar-refractivity contribution in [3.8, 4) is 0 Å². The minimum atomic E-state index is -2.70. The van der Waals surface area contributed by atoms with Crippen LogP contribution in [0.3, 0.4) is 0 Å². The van der Waals surface area contributed by atoms with Crippen molar-refractivity contribution in [2.75, 3.05) is 78.7 Å². The van der Waals surface area contributed by atoms with E-state index in [-0.39, 0.29) is 12.5 Å². The first-order valence-electron chi connectivity index (χ1n) is 11.3. The van der Waals surface area contributed by atoms with E-state index < -0.39 is 22.5 Å². The lowest BCUT2D eigenvalue weighted by Gasteiger charge is -2.38. The molecule has 0 radical (unpaired) electrons. The van der Waals surface area contributed by atoms with Gasteiger partial charge in [0.15, 0.2) is 0 Å². The highest BCUT2D eigenvalue weighted by Gasteiger charge is 2.56. The van der Waals surface area contributed by atoms with E-state index in [0.29, 0.717) is 25.5 Å². The summed E-state index contributed by atoms with van der Waals surface area (Å²) in [4.78, 5) is 12.3. The van der Waals surface area contributed by atoms with E-state index in [0.717, 1.165) is 52.4 Å². The first-order valence-corrected chi connectivity index (χ1v) is 16.2. The highest BCUT2D eigenvalue weighted by molar-refractivity contribution is 7.83. The van der Waals surface area contributed by atoms with Crippen molar-refractivity contribution in [3.63, 3.8) is 0 Å². The third-order valence-corrected chi connectivity index (χ3v) is 17.3. The summed E-state index contributed by atoms with van der Waals surface area (Å²) in [5.41, 5.74) is 0. The summed E-state index contributed by atoms with van der Waals surface area (Å²) in [6, 6.07) is 0. The van der Waals surface area contributed by atoms with Crippen molar-refractivity contribution < 1.29 is 14.3 Å². The normalized spacial score (nSPS) is 30.4. The zero-order valence-electron chi connectivity index (χ0n) is 18.9. The van der Waals surface area contributed by atoms with Crippen LogP contribution in [0.5, 0.6) is 0 Å². The van der Waals surface area contributed by atoms with Gasteiger partial charge >= 0.3 is 5.97 Å². The third kappa shape index (κ3) is 4.67. The Morgan fingerprint density at radius 2 is 1.25 bits per heavy atom. The first kappa shape index (κ1) is 23.2. The Labute approximate surface area is 190 Å². The van der Waals surface area contributed by atoms with Crippen molar-refractivity contribution in [1.29, 1.82) is 0 Å². The number of nitrogens with one attached hydrogen (secondary N) is 2. The largest absolute Gasteiger partial charge is 0.497 e. The fraction of sp³-hybridized carbons (Fsp3) is 0.824. The number of esters is 1. The zero-order valence-corrected chi connectivity index (χ0v) is 21.6. The van der Waals surface area contributed by atoms with Gasteiger partial charge < -0.3 is 9.47 Å². The van der Waals surface area contributed by atoms with E-state index >= 15 is 0 Å². The molecule has 4 saturated heterocycles. The SMILES string of the molecule is C=C(CNP1(NCC(=O)OCC)=NP(N2CC2)(N2CC2)=NP(N2CC2)(N2CC2)=N1)OCC. The Morgan fingerprint density at radius 3 is 1.72 bits per heavy atom. The van der Waals surface area contributed by atoms with Gasteiger partial charge in [-0.15, -0.1) is 0 Å². The van der Waals surface area contributed by atoms with Crippen LogP contribution >= 0.6 is 22.5 Å². The fourth-order valence-electron chi connectivity index (χ4n) is 3.65. The second-order valence-electron chi connectivity index (χ2n) is 8.20. The van der Waals surface area contributed by atoms with Crippen LogP contribution in [-0.2, 0) is 14.3 Å². The molecular weight excluding hydrogens is 471 g/mol. The summed E-state index contributed by atoms with van der Waals surface area (Å²) < 4.78 is 37.0. The van der Waals surface area contributed by atoms with Gasteiger partial charge in [-0.1, -0.05) is 6.58 Å². The van der Waals surface area contributed by atoms with Gasteiger partial charge in [-0.3, -0.25) is 4.79 Å². The van der Waals surface area contributed by atoms with Crippen LogP contribution in [0.1, 0.15) is 13.8 Å². The maximum absolute atomic E-state index is 12.3. The van der Waals surface area contributed by atoms with E-state index in [1.165, 1.54) is 0 Å². The van der Waals surface area contributed by atoms with E-state index in [1.807, 2.05) is 13.8 Å². The quantitative estimate of drug-likeness (QED) is 0.169. The number of carbonyl (C=O) groups excluding carboxylic acids is 1. The average molecular weight is 505 g/mol. The van der Waals surface area contributed by atoms with Crippen LogP contribution in [-0.4, -0.2) is 103 Å². The number of rotatable bonds is 13. The summed E-state index contributed by atoms with van der Waals surface area (Å²) >= 11 is 0. The average Bonchev–Trinajstić information content (AvgIpc) is 3.57. The van der Waals surface area contributed by atoms with Gasteiger partial charge in [0.05, 0.1) is 19.8 Å². The van der Waals surface area contributed by atoms with Gasteiger partial charge in [-0.2, -0.15) is 13.5 Å². The van der Waals surface area contributed by atoms with Crippen molar-refractivity contribution in [3.05, 3.63) is 12.3 Å². The molecule has 4 fully saturated rings. The van der Waals surface area contributed by atoms with Crippen LogP contribution in [0.2, 0.25) is 0 Å². The Balaban J connectivity index is 1.60. The highest BCUT2D eigenvalue weighted by atomic mass is 31.3. The molecule has 0 aromatic carbocycles. The third-order valence-electron chi connectivity index (χ3n) is 5.55. The molecule has 0 bridgehead atoms. The Kier molecular flexibility index (Phi) is 6.47. The van der Waals surface area contributed by atoms with Crippen LogP contribution in [0.15, 0.2) is 25.9 Å². The molecule has 32 heavy (non-hydrogen) atoms. The van der Waals surface area contributed by atoms with Crippen LogP contribution < -0.4 is 10.2 Å². The predicted octanol–water partition coefficient (Wildman–Crippen LogP) is 2.39. The van der Waals surface area contributed by atoms with Crippen LogP contribution in [0.25, 0.3) is 0 Å². The molecule has 1 unspecified atom stereocenters. The Bertz CT molecular complexity index is 869. The predicted molar refractivity (Wildman–Crippen MR) is 128 cm³/mol. The second kappa shape index (κ2) is 8.91. The lowest BCUT2D eigenvalue weighted by molar-refractivity contribution is -0.141. The number of nitrogens with zero attached hydrogens (tertiary/aromatic N) is 7. The molecule has 1 atom stereocenters. The van der Waals surface area contributed by atoms with E-state index in [9.17, 15) is 4.79 Å². The molecule has 2 N–H and O–H groups in total. The summed E-state index contributed by atoms with van der Waals surface area (Å²) in [6.45, 7) is 17.3. The van der Waals surface area contributed by atoms with Gasteiger partial charge in [-0.25, -0.2) is 28.9 Å². The first-order chi connectivity index (χ1) is 15.5. The van der Waals surface area contributed by atoms with Gasteiger partial charge in [0.2, 0.25) is 22.5 Å². The van der Waals surface area contributed by atoms with E-state index in [1.54, 1.807) is 0 Å².